The number of hydrogen-bond acceptors (Lipinski definition) is 3. The van der Waals surface area contributed by atoms with Crippen molar-refractivity contribution in [3.8, 4) is 6.07 Å². The normalized spacial score (nSPS) is 25.1. The van der Waals surface area contributed by atoms with Crippen molar-refractivity contribution in [2.75, 3.05) is 0 Å². The molecule has 5 heteroatoms. The average molecular weight is 287 g/mol. The number of nitriles is 1. The number of aryl methyl sites for hydroxylation is 1. The van der Waals surface area contributed by atoms with Crippen LogP contribution in [0.25, 0.3) is 0 Å². The zero-order chi connectivity index (χ0) is 15.5. The summed E-state index contributed by atoms with van der Waals surface area (Å²) in [5, 5.41) is 12.3. The third-order valence-corrected chi connectivity index (χ3v) is 4.47. The lowest BCUT2D eigenvalue weighted by Gasteiger charge is -2.35. The third-order valence-electron chi connectivity index (χ3n) is 4.47. The van der Waals surface area contributed by atoms with Crippen LogP contribution in [0.1, 0.15) is 49.4 Å². The molecule has 1 aliphatic rings. The molecule has 1 aromatic rings. The Balaban J connectivity index is 2.12. The van der Waals surface area contributed by atoms with Crippen molar-refractivity contribution >= 4 is 5.91 Å². The number of nitrogens with zero attached hydrogens (tertiary/aromatic N) is 2. The van der Waals surface area contributed by atoms with Gasteiger partial charge in [-0.15, -0.1) is 0 Å². The molecule has 0 spiro atoms. The van der Waals surface area contributed by atoms with Crippen molar-refractivity contribution in [1.29, 1.82) is 5.26 Å². The summed E-state index contributed by atoms with van der Waals surface area (Å²) in [5.74, 6) is 0.302. The Morgan fingerprint density at radius 2 is 2.19 bits per heavy atom. The molecule has 0 radical (unpaired) electrons. The highest BCUT2D eigenvalue weighted by molar-refractivity contribution is 5.94. The highest BCUT2D eigenvalue weighted by Gasteiger charge is 2.36. The van der Waals surface area contributed by atoms with Crippen LogP contribution in [0.4, 0.5) is 0 Å². The number of nitrogens with one attached hydrogen (secondary N) is 1. The first-order chi connectivity index (χ1) is 9.99. The zero-order valence-electron chi connectivity index (χ0n) is 12.6. The summed E-state index contributed by atoms with van der Waals surface area (Å²) < 4.78 is 1.41. The second kappa shape index (κ2) is 6.13. The van der Waals surface area contributed by atoms with Gasteiger partial charge in [0.15, 0.2) is 0 Å². The molecule has 1 amide bonds. The van der Waals surface area contributed by atoms with Crippen molar-refractivity contribution in [3.05, 3.63) is 34.2 Å². The van der Waals surface area contributed by atoms with E-state index in [2.05, 4.69) is 18.3 Å². The number of carbonyl (C=O) groups excluding carboxylic acids is 1. The molecule has 1 N–H and O–H groups in total. The van der Waals surface area contributed by atoms with Crippen LogP contribution in [-0.4, -0.2) is 16.0 Å². The standard InChI is InChI=1S/C16H21N3O2/c1-3-12-4-7-16(11-17,8-5-12)18-15(21)13-6-9-19(2)14(20)10-13/h6,9-10,12H,3-5,7-8H2,1-2H3,(H,18,21). The van der Waals surface area contributed by atoms with Crippen LogP contribution in [0.5, 0.6) is 0 Å². The molecular formula is C16H21N3O2. The quantitative estimate of drug-likeness (QED) is 0.923. The highest BCUT2D eigenvalue weighted by Crippen LogP contribution is 2.33. The van der Waals surface area contributed by atoms with Crippen LogP contribution in [0.15, 0.2) is 23.1 Å². The Hall–Kier alpha value is -2.09. The number of rotatable bonds is 3. The van der Waals surface area contributed by atoms with Gasteiger partial charge in [0.1, 0.15) is 5.54 Å². The zero-order valence-corrected chi connectivity index (χ0v) is 12.6. The van der Waals surface area contributed by atoms with Gasteiger partial charge in [0.2, 0.25) is 0 Å². The highest BCUT2D eigenvalue weighted by atomic mass is 16.2. The molecule has 1 aromatic heterocycles. The number of hydrogen-bond donors (Lipinski definition) is 1. The van der Waals surface area contributed by atoms with Gasteiger partial charge >= 0.3 is 0 Å². The second-order valence-electron chi connectivity index (χ2n) is 5.86. The predicted octanol–water partition coefficient (Wildman–Crippen LogP) is 1.98. The Labute approximate surface area is 124 Å². The fraction of sp³-hybridized carbons (Fsp3) is 0.562. The molecule has 0 aliphatic heterocycles. The molecule has 2 rings (SSSR count). The fourth-order valence-electron chi connectivity index (χ4n) is 2.82. The maximum atomic E-state index is 12.3. The molecule has 0 unspecified atom stereocenters. The molecule has 112 valence electrons. The number of carbonyl (C=O) groups is 1. The summed E-state index contributed by atoms with van der Waals surface area (Å²) >= 11 is 0. The minimum Gasteiger partial charge on any atom is -0.334 e. The Morgan fingerprint density at radius 1 is 1.52 bits per heavy atom. The molecule has 1 saturated carbocycles. The van der Waals surface area contributed by atoms with Gasteiger partial charge in [-0.25, -0.2) is 0 Å². The molecule has 0 atom stereocenters. The summed E-state index contributed by atoms with van der Waals surface area (Å²) in [4.78, 5) is 23.9. The van der Waals surface area contributed by atoms with Crippen molar-refractivity contribution < 1.29 is 4.79 Å². The van der Waals surface area contributed by atoms with Crippen molar-refractivity contribution in [1.82, 2.24) is 9.88 Å². The SMILES string of the molecule is CCC1CCC(C#N)(NC(=O)c2ccn(C)c(=O)c2)CC1. The van der Waals surface area contributed by atoms with E-state index in [9.17, 15) is 14.9 Å². The molecule has 1 heterocycles. The average Bonchev–Trinajstić information content (AvgIpc) is 2.50. The monoisotopic (exact) mass is 287 g/mol. The largest absolute Gasteiger partial charge is 0.334 e. The van der Waals surface area contributed by atoms with E-state index in [1.54, 1.807) is 19.3 Å². The van der Waals surface area contributed by atoms with Crippen LogP contribution in [-0.2, 0) is 7.05 Å². The minimum atomic E-state index is -0.788. The van der Waals surface area contributed by atoms with E-state index in [0.717, 1.165) is 19.3 Å². The van der Waals surface area contributed by atoms with Gasteiger partial charge in [-0.2, -0.15) is 5.26 Å². The van der Waals surface area contributed by atoms with E-state index < -0.39 is 5.54 Å². The summed E-state index contributed by atoms with van der Waals surface area (Å²) in [5.41, 5.74) is -0.710. The fourth-order valence-corrected chi connectivity index (χ4v) is 2.82. The first kappa shape index (κ1) is 15.3. The van der Waals surface area contributed by atoms with Crippen molar-refractivity contribution in [3.63, 3.8) is 0 Å². The first-order valence-electron chi connectivity index (χ1n) is 7.40. The molecule has 5 nitrogen and oxygen atoms in total. The summed E-state index contributed by atoms with van der Waals surface area (Å²) in [7, 11) is 1.63. The molecule has 1 aliphatic carbocycles. The maximum Gasteiger partial charge on any atom is 0.252 e. The van der Waals surface area contributed by atoms with Gasteiger partial charge in [-0.1, -0.05) is 13.3 Å². The lowest BCUT2D eigenvalue weighted by molar-refractivity contribution is 0.0891. The van der Waals surface area contributed by atoms with E-state index in [-0.39, 0.29) is 11.5 Å². The van der Waals surface area contributed by atoms with Crippen LogP contribution in [0.3, 0.4) is 0 Å². The smallest absolute Gasteiger partial charge is 0.252 e. The topological polar surface area (TPSA) is 74.9 Å². The van der Waals surface area contributed by atoms with E-state index in [1.165, 1.54) is 10.6 Å². The lowest BCUT2D eigenvalue weighted by atomic mass is 9.76. The minimum absolute atomic E-state index is 0.233. The van der Waals surface area contributed by atoms with Crippen LogP contribution < -0.4 is 10.9 Å². The Morgan fingerprint density at radius 3 is 2.71 bits per heavy atom. The summed E-state index contributed by atoms with van der Waals surface area (Å²) in [6.07, 6.45) is 5.95. The summed E-state index contributed by atoms with van der Waals surface area (Å²) in [6, 6.07) is 5.17. The van der Waals surface area contributed by atoms with E-state index in [0.29, 0.717) is 24.3 Å². The molecule has 0 bridgehead atoms. The van der Waals surface area contributed by atoms with Crippen LogP contribution in [0.2, 0.25) is 0 Å². The number of pyridine rings is 1. The van der Waals surface area contributed by atoms with Crippen molar-refractivity contribution in [2.24, 2.45) is 13.0 Å². The van der Waals surface area contributed by atoms with Crippen molar-refractivity contribution in [2.45, 2.75) is 44.6 Å². The maximum absolute atomic E-state index is 12.3. The van der Waals surface area contributed by atoms with Crippen LogP contribution in [0, 0.1) is 17.2 Å². The molecule has 0 saturated heterocycles. The Kier molecular flexibility index (Phi) is 4.46. The third kappa shape index (κ3) is 3.33. The van der Waals surface area contributed by atoms with Gasteiger partial charge in [-0.05, 0) is 37.7 Å². The molecule has 21 heavy (non-hydrogen) atoms. The van der Waals surface area contributed by atoms with Gasteiger partial charge < -0.3 is 9.88 Å². The lowest BCUT2D eigenvalue weighted by Crippen LogP contribution is -2.49. The summed E-state index contributed by atoms with van der Waals surface area (Å²) in [6.45, 7) is 2.16. The predicted molar refractivity (Wildman–Crippen MR) is 79.7 cm³/mol. The number of aromatic nitrogens is 1. The van der Waals surface area contributed by atoms with Gasteiger partial charge in [0.05, 0.1) is 6.07 Å². The molecular weight excluding hydrogens is 266 g/mol. The van der Waals surface area contributed by atoms with E-state index >= 15 is 0 Å². The number of amides is 1. The van der Waals surface area contributed by atoms with Gasteiger partial charge in [-0.3, -0.25) is 9.59 Å². The molecule has 1 fully saturated rings. The van der Waals surface area contributed by atoms with Gasteiger partial charge in [0.25, 0.3) is 11.5 Å². The second-order valence-corrected chi connectivity index (χ2v) is 5.86. The Bertz CT molecular complexity index is 619. The van der Waals surface area contributed by atoms with E-state index in [4.69, 9.17) is 0 Å². The molecule has 0 aromatic carbocycles. The van der Waals surface area contributed by atoms with E-state index in [1.807, 2.05) is 0 Å². The first-order valence-corrected chi connectivity index (χ1v) is 7.40. The van der Waals surface area contributed by atoms with Gasteiger partial charge in [0, 0.05) is 24.9 Å². The van der Waals surface area contributed by atoms with Crippen LogP contribution >= 0.6 is 0 Å².